The zero-order chi connectivity index (χ0) is 30.7. The van der Waals surface area contributed by atoms with Gasteiger partial charge in [-0.3, -0.25) is 9.88 Å². The Morgan fingerprint density at radius 3 is 2.71 bits per heavy atom. The molecule has 2 unspecified atom stereocenters. The average molecular weight is 629 g/mol. The standard InChI is InChI=1S/C35H38ClFN6O2/c1-21(44)9-12-25-13-15-35(14-4-16-43(25)35)20-45-34-40-32-27(33(41-34)42-18-23-10-11-24(19-42)39-23)17-38-31(30(32)37)26-7-2-5-22-6-3-8-28(36)29(22)26/h2-3,5-8,17,23-25,39H,4,9-16,18-20H2,1H3/t23?,24?,25-,35+/m0/s1. The third-order valence-electron chi connectivity index (χ3n) is 10.6. The number of benzene rings is 2. The van der Waals surface area contributed by atoms with Gasteiger partial charge in [-0.05, 0) is 69.9 Å². The van der Waals surface area contributed by atoms with Gasteiger partial charge in [0.15, 0.2) is 5.82 Å². The molecular weight excluding hydrogens is 591 g/mol. The Morgan fingerprint density at radius 1 is 1.11 bits per heavy atom. The number of carbonyl (C=O) groups is 1. The van der Waals surface area contributed by atoms with Gasteiger partial charge in [-0.2, -0.15) is 9.97 Å². The minimum Gasteiger partial charge on any atom is -0.461 e. The summed E-state index contributed by atoms with van der Waals surface area (Å²) < 4.78 is 23.2. The van der Waals surface area contributed by atoms with Crippen LogP contribution in [0.25, 0.3) is 32.9 Å². The zero-order valence-electron chi connectivity index (χ0n) is 25.6. The molecule has 4 aromatic rings. The maximum atomic E-state index is 16.7. The van der Waals surface area contributed by atoms with Crippen LogP contribution < -0.4 is 15.0 Å². The van der Waals surface area contributed by atoms with Crippen molar-refractivity contribution in [3.05, 3.63) is 53.4 Å². The Labute approximate surface area is 267 Å². The van der Waals surface area contributed by atoms with E-state index < -0.39 is 5.82 Å². The molecule has 0 radical (unpaired) electrons. The van der Waals surface area contributed by atoms with Crippen LogP contribution in [0, 0.1) is 5.82 Å². The number of rotatable bonds is 8. The molecule has 6 heterocycles. The number of fused-ring (bicyclic) bond motifs is 5. The number of ketones is 1. The van der Waals surface area contributed by atoms with Gasteiger partial charge >= 0.3 is 6.01 Å². The number of piperazine rings is 1. The van der Waals surface area contributed by atoms with E-state index >= 15 is 4.39 Å². The summed E-state index contributed by atoms with van der Waals surface area (Å²) in [5.74, 6) is 0.411. The van der Waals surface area contributed by atoms with E-state index in [-0.39, 0.29) is 28.5 Å². The van der Waals surface area contributed by atoms with Crippen LogP contribution in [0.3, 0.4) is 0 Å². The average Bonchev–Trinajstić information content (AvgIpc) is 3.71. The number of nitrogens with one attached hydrogen (secondary N) is 1. The molecule has 10 heteroatoms. The SMILES string of the molecule is CC(=O)CC[C@H]1CC[C@@]2(COc3nc(N4CC5CCC(C4)N5)c4cnc(-c5cccc6cccc(Cl)c56)c(F)c4n3)CCCN12. The molecular formula is C35H38ClFN6O2. The van der Waals surface area contributed by atoms with Crippen molar-refractivity contribution in [2.45, 2.75) is 82.0 Å². The third-order valence-corrected chi connectivity index (χ3v) is 10.9. The molecule has 45 heavy (non-hydrogen) atoms. The van der Waals surface area contributed by atoms with Crippen molar-refractivity contribution in [3.8, 4) is 17.3 Å². The predicted molar refractivity (Wildman–Crippen MR) is 175 cm³/mol. The fourth-order valence-corrected chi connectivity index (χ4v) is 8.75. The fourth-order valence-electron chi connectivity index (χ4n) is 8.46. The zero-order valence-corrected chi connectivity index (χ0v) is 26.3. The van der Waals surface area contributed by atoms with E-state index in [1.54, 1.807) is 13.1 Å². The number of nitrogens with zero attached hydrogens (tertiary/aromatic N) is 5. The Kier molecular flexibility index (Phi) is 7.38. The summed E-state index contributed by atoms with van der Waals surface area (Å²) in [6, 6.07) is 12.7. The maximum Gasteiger partial charge on any atom is 0.319 e. The highest BCUT2D eigenvalue weighted by molar-refractivity contribution is 6.36. The van der Waals surface area contributed by atoms with E-state index in [9.17, 15) is 4.79 Å². The molecule has 234 valence electrons. The summed E-state index contributed by atoms with van der Waals surface area (Å²) in [6.07, 6.45) is 9.66. The molecule has 8 nitrogen and oxygen atoms in total. The maximum absolute atomic E-state index is 16.7. The quantitative estimate of drug-likeness (QED) is 0.243. The molecule has 0 saturated carbocycles. The van der Waals surface area contributed by atoms with Crippen LogP contribution in [0.5, 0.6) is 6.01 Å². The van der Waals surface area contributed by atoms with Crippen LogP contribution >= 0.6 is 11.6 Å². The van der Waals surface area contributed by atoms with E-state index in [1.807, 2.05) is 36.4 Å². The van der Waals surface area contributed by atoms with Crippen molar-refractivity contribution < 1.29 is 13.9 Å². The van der Waals surface area contributed by atoms with Crippen molar-refractivity contribution in [1.82, 2.24) is 25.2 Å². The number of carbonyl (C=O) groups excluding carboxylic acids is 1. The van der Waals surface area contributed by atoms with E-state index in [0.717, 1.165) is 75.4 Å². The number of Topliss-reactive ketones (excluding diaryl/α,β-unsaturated/α-hetero) is 1. The number of hydrogen-bond donors (Lipinski definition) is 1. The van der Waals surface area contributed by atoms with Gasteiger partial charge in [-0.15, -0.1) is 0 Å². The van der Waals surface area contributed by atoms with E-state index in [0.29, 0.717) is 52.9 Å². The lowest BCUT2D eigenvalue weighted by Gasteiger charge is -2.35. The molecule has 2 aromatic carbocycles. The lowest BCUT2D eigenvalue weighted by atomic mass is 9.95. The lowest BCUT2D eigenvalue weighted by molar-refractivity contribution is -0.117. The minimum atomic E-state index is -0.502. The first-order valence-corrected chi connectivity index (χ1v) is 16.7. The molecule has 1 N–H and O–H groups in total. The fraction of sp³-hybridized carbons (Fsp3) is 0.486. The number of ether oxygens (including phenoxy) is 1. The molecule has 4 fully saturated rings. The summed E-state index contributed by atoms with van der Waals surface area (Å²) in [4.78, 5) is 30.9. The predicted octanol–water partition coefficient (Wildman–Crippen LogP) is 6.32. The number of anilines is 1. The lowest BCUT2D eigenvalue weighted by Crippen LogP contribution is -2.51. The van der Waals surface area contributed by atoms with Gasteiger partial charge in [0, 0.05) is 59.8 Å². The summed E-state index contributed by atoms with van der Waals surface area (Å²) in [5.41, 5.74) is 0.946. The van der Waals surface area contributed by atoms with Gasteiger partial charge in [0.1, 0.15) is 29.4 Å². The molecule has 0 aliphatic carbocycles. The summed E-state index contributed by atoms with van der Waals surface area (Å²) >= 11 is 6.63. The second kappa shape index (κ2) is 11.4. The monoisotopic (exact) mass is 628 g/mol. The number of halogens is 2. The van der Waals surface area contributed by atoms with Gasteiger partial charge in [0.25, 0.3) is 0 Å². The molecule has 2 aromatic heterocycles. The normalized spacial score (nSPS) is 26.2. The Hall–Kier alpha value is -3.40. The van der Waals surface area contributed by atoms with Crippen LogP contribution in [-0.4, -0.2) is 75.5 Å². The number of aromatic nitrogens is 3. The van der Waals surface area contributed by atoms with Gasteiger partial charge < -0.3 is 19.7 Å². The second-order valence-corrected chi connectivity index (χ2v) is 13.8. The van der Waals surface area contributed by atoms with E-state index in [4.69, 9.17) is 26.3 Å². The van der Waals surface area contributed by atoms with Crippen LogP contribution in [0.2, 0.25) is 5.02 Å². The molecule has 4 aliphatic rings. The van der Waals surface area contributed by atoms with Gasteiger partial charge in [0.2, 0.25) is 0 Å². The van der Waals surface area contributed by atoms with Crippen molar-refractivity contribution >= 4 is 44.9 Å². The van der Waals surface area contributed by atoms with E-state index in [2.05, 4.69) is 20.1 Å². The first kappa shape index (κ1) is 29.0. The van der Waals surface area contributed by atoms with E-state index in [1.165, 1.54) is 0 Å². The molecule has 4 aliphatic heterocycles. The van der Waals surface area contributed by atoms with Crippen molar-refractivity contribution in [3.63, 3.8) is 0 Å². The van der Waals surface area contributed by atoms with Crippen LogP contribution in [0.4, 0.5) is 10.2 Å². The molecule has 4 atom stereocenters. The summed E-state index contributed by atoms with van der Waals surface area (Å²) in [5, 5.41) is 6.49. The summed E-state index contributed by atoms with van der Waals surface area (Å²) in [7, 11) is 0. The molecule has 4 saturated heterocycles. The summed E-state index contributed by atoms with van der Waals surface area (Å²) in [6.45, 7) is 4.71. The Bertz CT molecular complexity index is 1790. The Balaban J connectivity index is 1.18. The third kappa shape index (κ3) is 5.13. The highest BCUT2D eigenvalue weighted by Gasteiger charge is 2.49. The van der Waals surface area contributed by atoms with Crippen molar-refractivity contribution in [2.24, 2.45) is 0 Å². The van der Waals surface area contributed by atoms with Crippen LogP contribution in [0.15, 0.2) is 42.6 Å². The van der Waals surface area contributed by atoms with Crippen LogP contribution in [0.1, 0.15) is 58.3 Å². The topological polar surface area (TPSA) is 83.5 Å². The first-order chi connectivity index (χ1) is 21.9. The van der Waals surface area contributed by atoms with Gasteiger partial charge in [-0.1, -0.05) is 41.9 Å². The highest BCUT2D eigenvalue weighted by Crippen LogP contribution is 2.44. The largest absolute Gasteiger partial charge is 0.461 e. The second-order valence-electron chi connectivity index (χ2n) is 13.4. The molecule has 0 spiro atoms. The first-order valence-electron chi connectivity index (χ1n) is 16.3. The molecule has 2 bridgehead atoms. The minimum absolute atomic E-state index is 0.101. The van der Waals surface area contributed by atoms with Crippen molar-refractivity contribution in [1.29, 1.82) is 0 Å². The van der Waals surface area contributed by atoms with Crippen molar-refractivity contribution in [2.75, 3.05) is 31.1 Å². The van der Waals surface area contributed by atoms with Gasteiger partial charge in [0.05, 0.1) is 10.9 Å². The molecule has 0 amide bonds. The number of hydrogen-bond acceptors (Lipinski definition) is 8. The Morgan fingerprint density at radius 2 is 1.91 bits per heavy atom. The highest BCUT2D eigenvalue weighted by atomic mass is 35.5. The smallest absolute Gasteiger partial charge is 0.319 e. The van der Waals surface area contributed by atoms with Gasteiger partial charge in [-0.25, -0.2) is 4.39 Å². The van der Waals surface area contributed by atoms with Crippen LogP contribution in [-0.2, 0) is 4.79 Å². The molecule has 8 rings (SSSR count). The number of pyridine rings is 1.